The minimum absolute atomic E-state index is 0.222. The number of thiophene rings is 1. The molecule has 1 aliphatic rings. The Kier molecular flexibility index (Phi) is 5.11. The molecule has 2 nitrogen and oxygen atoms in total. The summed E-state index contributed by atoms with van der Waals surface area (Å²) < 4.78 is 54.5. The third kappa shape index (κ3) is 3.26. The molecule has 1 unspecified atom stereocenters. The largest absolute Gasteiger partial charge is 0.421 e. The number of fused-ring (bicyclic) bond motifs is 1. The van der Waals surface area contributed by atoms with Crippen LogP contribution in [0.25, 0.3) is 0 Å². The van der Waals surface area contributed by atoms with Crippen LogP contribution in [0.4, 0.5) is 17.6 Å². The van der Waals surface area contributed by atoms with Crippen LogP contribution in [0.2, 0.25) is 10.0 Å². The van der Waals surface area contributed by atoms with E-state index in [0.717, 1.165) is 35.3 Å². The van der Waals surface area contributed by atoms with Crippen LogP contribution in [0.3, 0.4) is 0 Å². The number of alkyl halides is 3. The number of aliphatic hydroxyl groups is 1. The van der Waals surface area contributed by atoms with Crippen LogP contribution >= 0.6 is 34.5 Å². The van der Waals surface area contributed by atoms with Crippen LogP contribution in [0.5, 0.6) is 0 Å². The summed E-state index contributed by atoms with van der Waals surface area (Å²) in [4.78, 5) is 12.8. The minimum Gasteiger partial charge on any atom is -0.376 e. The van der Waals surface area contributed by atoms with Crippen molar-refractivity contribution >= 4 is 40.3 Å². The van der Waals surface area contributed by atoms with E-state index < -0.39 is 45.4 Å². The highest BCUT2D eigenvalue weighted by atomic mass is 35.5. The molecule has 3 rings (SSSR count). The average molecular weight is 427 g/mol. The summed E-state index contributed by atoms with van der Waals surface area (Å²) in [6.45, 7) is 0. The monoisotopic (exact) mass is 426 g/mol. The molecule has 9 heteroatoms. The van der Waals surface area contributed by atoms with Gasteiger partial charge in [-0.05, 0) is 53.5 Å². The topological polar surface area (TPSA) is 37.3 Å². The zero-order chi connectivity index (χ0) is 19.3. The van der Waals surface area contributed by atoms with Gasteiger partial charge in [-0.2, -0.15) is 13.2 Å². The molecule has 0 radical (unpaired) electrons. The number of aryl methyl sites for hydroxylation is 1. The molecule has 2 aromatic rings. The van der Waals surface area contributed by atoms with Crippen molar-refractivity contribution in [3.63, 3.8) is 0 Å². The second-order valence-electron chi connectivity index (χ2n) is 6.13. The van der Waals surface area contributed by atoms with E-state index in [1.54, 1.807) is 5.38 Å². The zero-order valence-corrected chi connectivity index (χ0v) is 15.4. The summed E-state index contributed by atoms with van der Waals surface area (Å²) >= 11 is 12.2. The molecule has 0 aliphatic heterocycles. The van der Waals surface area contributed by atoms with Crippen molar-refractivity contribution in [1.29, 1.82) is 0 Å². The molecule has 0 spiro atoms. The molecule has 1 heterocycles. The first kappa shape index (κ1) is 19.6. The van der Waals surface area contributed by atoms with Crippen LogP contribution in [-0.2, 0) is 18.4 Å². The number of Topliss-reactive ketones (excluding diaryl/α,β-unsaturated/α-hetero) is 1. The van der Waals surface area contributed by atoms with Crippen LogP contribution in [0, 0.1) is 5.82 Å². The van der Waals surface area contributed by atoms with Crippen LogP contribution in [0.15, 0.2) is 17.5 Å². The number of benzene rings is 1. The maximum atomic E-state index is 13.7. The third-order valence-corrected chi connectivity index (χ3v) is 6.12. The predicted octanol–water partition coefficient (Wildman–Crippen LogP) is 5.71. The van der Waals surface area contributed by atoms with Crippen molar-refractivity contribution in [2.45, 2.75) is 37.5 Å². The van der Waals surface area contributed by atoms with Crippen molar-refractivity contribution in [2.24, 2.45) is 0 Å². The molecular weight excluding hydrogens is 415 g/mol. The summed E-state index contributed by atoms with van der Waals surface area (Å²) in [5, 5.41) is 10.8. The van der Waals surface area contributed by atoms with Gasteiger partial charge in [0.1, 0.15) is 0 Å². The van der Waals surface area contributed by atoms with E-state index in [4.69, 9.17) is 23.2 Å². The van der Waals surface area contributed by atoms with Gasteiger partial charge < -0.3 is 5.11 Å². The molecule has 26 heavy (non-hydrogen) atoms. The summed E-state index contributed by atoms with van der Waals surface area (Å²) in [7, 11) is 0. The van der Waals surface area contributed by atoms with Gasteiger partial charge in [-0.3, -0.25) is 4.79 Å². The van der Waals surface area contributed by atoms with E-state index in [0.29, 0.717) is 18.6 Å². The van der Waals surface area contributed by atoms with Crippen molar-refractivity contribution in [3.05, 3.63) is 54.9 Å². The van der Waals surface area contributed by atoms with E-state index in [1.807, 2.05) is 0 Å². The van der Waals surface area contributed by atoms with E-state index in [9.17, 15) is 27.5 Å². The molecule has 140 valence electrons. The lowest BCUT2D eigenvalue weighted by atomic mass is 9.87. The van der Waals surface area contributed by atoms with Crippen molar-refractivity contribution in [3.8, 4) is 0 Å². The first-order valence-corrected chi connectivity index (χ1v) is 9.24. The zero-order valence-electron chi connectivity index (χ0n) is 13.1. The smallest absolute Gasteiger partial charge is 0.376 e. The van der Waals surface area contributed by atoms with Gasteiger partial charge in [-0.25, -0.2) is 4.39 Å². The Labute approximate surface area is 160 Å². The average Bonchev–Trinajstić information content (AvgIpc) is 3.13. The van der Waals surface area contributed by atoms with Gasteiger partial charge >= 0.3 is 6.18 Å². The highest BCUT2D eigenvalue weighted by molar-refractivity contribution is 7.12. The van der Waals surface area contributed by atoms with Gasteiger partial charge in [0.15, 0.2) is 17.2 Å². The highest BCUT2D eigenvalue weighted by Crippen LogP contribution is 2.45. The molecule has 1 aliphatic carbocycles. The molecule has 0 amide bonds. The lowest BCUT2D eigenvalue weighted by Crippen LogP contribution is -2.44. The second kappa shape index (κ2) is 6.78. The van der Waals surface area contributed by atoms with E-state index in [-0.39, 0.29) is 4.88 Å². The maximum absolute atomic E-state index is 13.7. The number of hydrogen-bond acceptors (Lipinski definition) is 3. The summed E-state index contributed by atoms with van der Waals surface area (Å²) in [5.74, 6) is -1.92. The number of carbonyl (C=O) groups excluding carboxylic acids is 1. The normalized spacial score (nSPS) is 16.4. The summed E-state index contributed by atoms with van der Waals surface area (Å²) in [6.07, 6.45) is -4.18. The number of ketones is 1. The van der Waals surface area contributed by atoms with Gasteiger partial charge in [0, 0.05) is 0 Å². The molecule has 1 atom stereocenters. The molecule has 0 bridgehead atoms. The van der Waals surface area contributed by atoms with Gasteiger partial charge in [0.2, 0.25) is 0 Å². The molecule has 1 N–H and O–H groups in total. The fourth-order valence-electron chi connectivity index (χ4n) is 3.06. The molecule has 1 aromatic carbocycles. The standard InChI is InChI=1S/C17H12Cl2F4O2S/c18-11-4-9(5-12(19)14(11)20)16(25,17(21,22)23)6-13(24)15-10-3-1-2-8(10)7-26-15/h4-5,7,25H,1-3,6H2. The Morgan fingerprint density at radius 1 is 1.19 bits per heavy atom. The Morgan fingerprint density at radius 2 is 1.81 bits per heavy atom. The molecule has 0 saturated heterocycles. The fourth-order valence-corrected chi connectivity index (χ4v) is 4.65. The number of rotatable bonds is 4. The Balaban J connectivity index is 2.02. The number of carbonyl (C=O) groups is 1. The first-order valence-electron chi connectivity index (χ1n) is 7.61. The van der Waals surface area contributed by atoms with E-state index >= 15 is 0 Å². The predicted molar refractivity (Wildman–Crippen MR) is 91.7 cm³/mol. The van der Waals surface area contributed by atoms with Crippen LogP contribution < -0.4 is 0 Å². The van der Waals surface area contributed by atoms with Crippen molar-refractivity contribution < 1.29 is 27.5 Å². The third-order valence-electron chi connectivity index (χ3n) is 4.45. The van der Waals surface area contributed by atoms with E-state index in [2.05, 4.69) is 0 Å². The molecular formula is C17H12Cl2F4O2S. The molecule has 1 aromatic heterocycles. The Hall–Kier alpha value is -1.15. The number of hydrogen-bond donors (Lipinski definition) is 1. The van der Waals surface area contributed by atoms with Crippen molar-refractivity contribution in [2.75, 3.05) is 0 Å². The summed E-state index contributed by atoms with van der Waals surface area (Å²) in [5.41, 5.74) is -2.59. The van der Waals surface area contributed by atoms with Crippen molar-refractivity contribution in [1.82, 2.24) is 0 Å². The minimum atomic E-state index is -5.19. The van der Waals surface area contributed by atoms with Gasteiger partial charge in [0.05, 0.1) is 21.3 Å². The highest BCUT2D eigenvalue weighted by Gasteiger charge is 2.56. The SMILES string of the molecule is O=C(CC(O)(c1cc(Cl)c(F)c(Cl)c1)C(F)(F)F)c1scc2c1CCC2. The maximum Gasteiger partial charge on any atom is 0.421 e. The first-order chi connectivity index (χ1) is 12.0. The molecule has 0 saturated carbocycles. The van der Waals surface area contributed by atoms with Gasteiger partial charge in [-0.1, -0.05) is 23.2 Å². The molecule has 0 fully saturated rings. The quantitative estimate of drug-likeness (QED) is 0.386. The number of halogens is 6. The lowest BCUT2D eigenvalue weighted by molar-refractivity contribution is -0.264. The Bertz CT molecular complexity index is 855. The van der Waals surface area contributed by atoms with Gasteiger partial charge in [-0.15, -0.1) is 11.3 Å². The fraction of sp³-hybridized carbons (Fsp3) is 0.353. The Morgan fingerprint density at radius 3 is 2.38 bits per heavy atom. The van der Waals surface area contributed by atoms with Crippen LogP contribution in [0.1, 0.15) is 39.2 Å². The lowest BCUT2D eigenvalue weighted by Gasteiger charge is -2.30. The second-order valence-corrected chi connectivity index (χ2v) is 7.83. The van der Waals surface area contributed by atoms with E-state index in [1.165, 1.54) is 0 Å². The summed E-state index contributed by atoms with van der Waals surface area (Å²) in [6, 6.07) is 1.28. The van der Waals surface area contributed by atoms with Gasteiger partial charge in [0.25, 0.3) is 0 Å². The van der Waals surface area contributed by atoms with Crippen LogP contribution in [-0.4, -0.2) is 17.1 Å².